The lowest BCUT2D eigenvalue weighted by molar-refractivity contribution is -0.117. The van der Waals surface area contributed by atoms with E-state index in [4.69, 9.17) is 32.7 Å². The minimum Gasteiger partial charge on any atom is -0.492 e. The Labute approximate surface area is 207 Å². The van der Waals surface area contributed by atoms with Crippen molar-refractivity contribution in [1.82, 2.24) is 4.90 Å². The lowest BCUT2D eigenvalue weighted by Gasteiger charge is -2.17. The molecule has 0 fully saturated rings. The highest BCUT2D eigenvalue weighted by Gasteiger charge is 2.24. The van der Waals surface area contributed by atoms with Crippen LogP contribution in [0.3, 0.4) is 0 Å². The van der Waals surface area contributed by atoms with Crippen LogP contribution in [0.5, 0.6) is 5.75 Å². The van der Waals surface area contributed by atoms with Crippen LogP contribution in [0.1, 0.15) is 17.3 Å². The van der Waals surface area contributed by atoms with Crippen LogP contribution >= 0.6 is 34.5 Å². The molecular weight excluding hydrogens is 483 g/mol. The van der Waals surface area contributed by atoms with E-state index in [-0.39, 0.29) is 19.1 Å². The van der Waals surface area contributed by atoms with Gasteiger partial charge in [-0.1, -0.05) is 41.4 Å². The number of carbonyl (C=O) groups excluding carboxylic acids is 2. The first-order valence-electron chi connectivity index (χ1n) is 10.3. The summed E-state index contributed by atoms with van der Waals surface area (Å²) in [6.45, 7) is 3.04. The van der Waals surface area contributed by atoms with E-state index in [9.17, 15) is 9.59 Å². The molecule has 0 aliphatic carbocycles. The Hall–Kier alpha value is -2.58. The number of nitrogens with one attached hydrogen (secondary N) is 1. The highest BCUT2D eigenvalue weighted by Crippen LogP contribution is 2.39. The zero-order valence-electron chi connectivity index (χ0n) is 18.3. The van der Waals surface area contributed by atoms with E-state index in [0.29, 0.717) is 50.6 Å². The fourth-order valence-electron chi connectivity index (χ4n) is 3.07. The van der Waals surface area contributed by atoms with Gasteiger partial charge in [0.05, 0.1) is 13.2 Å². The molecule has 2 aromatic carbocycles. The zero-order valence-corrected chi connectivity index (χ0v) is 20.6. The number of hydrogen-bond donors (Lipinski definition) is 1. The third-order valence-electron chi connectivity index (χ3n) is 4.66. The molecule has 1 amide bonds. The van der Waals surface area contributed by atoms with Gasteiger partial charge in [0, 0.05) is 33.1 Å². The number of esters is 1. The van der Waals surface area contributed by atoms with Crippen LogP contribution in [0.2, 0.25) is 10.0 Å². The van der Waals surface area contributed by atoms with Gasteiger partial charge in [-0.25, -0.2) is 4.79 Å². The molecule has 6 nitrogen and oxygen atoms in total. The van der Waals surface area contributed by atoms with Crippen molar-refractivity contribution in [3.8, 4) is 16.9 Å². The van der Waals surface area contributed by atoms with Crippen molar-refractivity contribution in [2.75, 3.05) is 38.7 Å². The first kappa shape index (κ1) is 25.1. The van der Waals surface area contributed by atoms with E-state index in [2.05, 4.69) is 5.32 Å². The van der Waals surface area contributed by atoms with Gasteiger partial charge < -0.3 is 14.8 Å². The molecule has 0 aliphatic rings. The quantitative estimate of drug-likeness (QED) is 0.349. The lowest BCUT2D eigenvalue weighted by atomic mass is 10.0. The summed E-state index contributed by atoms with van der Waals surface area (Å²) in [5.41, 5.74) is 1.64. The summed E-state index contributed by atoms with van der Waals surface area (Å²) >= 11 is 13.5. The Morgan fingerprint density at radius 1 is 1.06 bits per heavy atom. The molecule has 33 heavy (non-hydrogen) atoms. The van der Waals surface area contributed by atoms with Crippen molar-refractivity contribution in [3.63, 3.8) is 0 Å². The van der Waals surface area contributed by atoms with Crippen LogP contribution in [-0.4, -0.2) is 50.1 Å². The largest absolute Gasteiger partial charge is 0.492 e. The van der Waals surface area contributed by atoms with Crippen LogP contribution in [-0.2, 0) is 9.53 Å². The third kappa shape index (κ3) is 6.95. The van der Waals surface area contributed by atoms with Gasteiger partial charge in [-0.2, -0.15) is 0 Å². The van der Waals surface area contributed by atoms with Crippen molar-refractivity contribution in [2.24, 2.45) is 0 Å². The maximum atomic E-state index is 12.7. The molecule has 3 rings (SSSR count). The number of rotatable bonds is 10. The summed E-state index contributed by atoms with van der Waals surface area (Å²) in [6.07, 6.45) is 0. The number of hydrogen-bond acceptors (Lipinski definition) is 6. The van der Waals surface area contributed by atoms with Crippen LogP contribution < -0.4 is 10.1 Å². The van der Waals surface area contributed by atoms with Gasteiger partial charge in [-0.05, 0) is 44.3 Å². The molecule has 0 spiro atoms. The van der Waals surface area contributed by atoms with Crippen LogP contribution in [0.15, 0.2) is 53.9 Å². The Kier molecular flexibility index (Phi) is 9.14. The molecule has 174 valence electrons. The highest BCUT2D eigenvalue weighted by atomic mass is 35.5. The van der Waals surface area contributed by atoms with Gasteiger partial charge >= 0.3 is 5.97 Å². The molecule has 3 aromatic rings. The Bertz CT molecular complexity index is 1100. The van der Waals surface area contributed by atoms with E-state index >= 15 is 0 Å². The molecular formula is C24H24Cl2N2O4S. The molecule has 1 heterocycles. The third-order valence-corrected chi connectivity index (χ3v) is 6.13. The number of anilines is 1. The van der Waals surface area contributed by atoms with Crippen molar-refractivity contribution < 1.29 is 19.1 Å². The first-order chi connectivity index (χ1) is 15.9. The van der Waals surface area contributed by atoms with E-state index in [1.807, 2.05) is 30.1 Å². The summed E-state index contributed by atoms with van der Waals surface area (Å²) in [7, 11) is 1.82. The van der Waals surface area contributed by atoms with Crippen LogP contribution in [0.4, 0.5) is 5.00 Å². The number of likely N-dealkylation sites (N-methyl/N-ethyl adjacent to an activating group) is 1. The first-order valence-corrected chi connectivity index (χ1v) is 11.9. The second-order valence-corrected chi connectivity index (χ2v) is 8.87. The highest BCUT2D eigenvalue weighted by molar-refractivity contribution is 7.15. The molecule has 9 heteroatoms. The van der Waals surface area contributed by atoms with Gasteiger partial charge in [0.15, 0.2) is 0 Å². The Morgan fingerprint density at radius 2 is 1.79 bits per heavy atom. The summed E-state index contributed by atoms with van der Waals surface area (Å²) in [5.74, 6) is -0.0437. The Morgan fingerprint density at radius 3 is 2.48 bits per heavy atom. The fourth-order valence-corrected chi connectivity index (χ4v) is 4.40. The maximum absolute atomic E-state index is 12.7. The average molecular weight is 507 g/mol. The van der Waals surface area contributed by atoms with Gasteiger partial charge in [-0.3, -0.25) is 9.69 Å². The summed E-state index contributed by atoms with van der Waals surface area (Å²) in [5, 5.41) is 6.23. The topological polar surface area (TPSA) is 67.9 Å². The molecule has 0 radical (unpaired) electrons. The number of nitrogens with zero attached hydrogens (tertiary/aromatic N) is 1. The normalized spacial score (nSPS) is 10.8. The molecule has 1 N–H and O–H groups in total. The van der Waals surface area contributed by atoms with Gasteiger partial charge in [-0.15, -0.1) is 11.3 Å². The predicted octanol–water partition coefficient (Wildman–Crippen LogP) is 5.85. The monoisotopic (exact) mass is 506 g/mol. The maximum Gasteiger partial charge on any atom is 0.341 e. The number of carbonyl (C=O) groups is 2. The molecule has 0 unspecified atom stereocenters. The summed E-state index contributed by atoms with van der Waals surface area (Å²) in [6, 6.07) is 14.3. The van der Waals surface area contributed by atoms with Crippen LogP contribution in [0.25, 0.3) is 11.1 Å². The van der Waals surface area contributed by atoms with Gasteiger partial charge in [0.2, 0.25) is 5.91 Å². The molecule has 0 atom stereocenters. The predicted molar refractivity (Wildman–Crippen MR) is 134 cm³/mol. The number of amides is 1. The van der Waals surface area contributed by atoms with Crippen molar-refractivity contribution in [1.29, 1.82) is 0 Å². The van der Waals surface area contributed by atoms with E-state index in [1.165, 1.54) is 11.3 Å². The summed E-state index contributed by atoms with van der Waals surface area (Å²) in [4.78, 5) is 27.2. The minimum atomic E-state index is -0.506. The number of halogens is 2. The Balaban J connectivity index is 1.64. The van der Waals surface area contributed by atoms with Crippen molar-refractivity contribution in [2.45, 2.75) is 6.92 Å². The average Bonchev–Trinajstić information content (AvgIpc) is 3.18. The van der Waals surface area contributed by atoms with Crippen LogP contribution in [0, 0.1) is 0 Å². The van der Waals surface area contributed by atoms with Crippen molar-refractivity contribution >= 4 is 51.4 Å². The molecule has 0 saturated heterocycles. The summed E-state index contributed by atoms with van der Waals surface area (Å²) < 4.78 is 10.9. The minimum absolute atomic E-state index is 0.131. The zero-order chi connectivity index (χ0) is 23.8. The standard InChI is InChI=1S/C24H24Cl2N2O4S/c1-3-31-24(30)22-19(18-6-4-5-7-20(18)26)15-33-23(22)27-21(29)14-28(2)12-13-32-17-10-8-16(25)9-11-17/h4-11,15H,3,12-14H2,1-2H3,(H,27,29). The molecule has 0 saturated carbocycles. The van der Waals surface area contributed by atoms with E-state index in [0.717, 1.165) is 0 Å². The van der Waals surface area contributed by atoms with Gasteiger partial charge in [0.25, 0.3) is 0 Å². The molecule has 1 aromatic heterocycles. The van der Waals surface area contributed by atoms with E-state index < -0.39 is 5.97 Å². The second-order valence-electron chi connectivity index (χ2n) is 7.14. The smallest absolute Gasteiger partial charge is 0.341 e. The molecule has 0 bridgehead atoms. The van der Waals surface area contributed by atoms with Crippen molar-refractivity contribution in [3.05, 3.63) is 69.5 Å². The lowest BCUT2D eigenvalue weighted by Crippen LogP contribution is -2.33. The number of thiophene rings is 1. The van der Waals surface area contributed by atoms with Gasteiger partial charge in [0.1, 0.15) is 22.9 Å². The second kappa shape index (κ2) is 12.0. The molecule has 0 aliphatic heterocycles. The number of benzene rings is 2. The number of ether oxygens (including phenoxy) is 2. The fraction of sp³-hybridized carbons (Fsp3) is 0.250. The SMILES string of the molecule is CCOC(=O)c1c(-c2ccccc2Cl)csc1NC(=O)CN(C)CCOc1ccc(Cl)cc1. The van der Waals surface area contributed by atoms with E-state index in [1.54, 1.807) is 42.6 Å².